The van der Waals surface area contributed by atoms with Crippen molar-refractivity contribution in [2.24, 2.45) is 0 Å². The maximum atomic E-state index is 12.6. The fourth-order valence-electron chi connectivity index (χ4n) is 2.44. The molecule has 3 aromatic carbocycles. The lowest BCUT2D eigenvalue weighted by atomic mass is 10.3. The molecule has 0 spiro atoms. The van der Waals surface area contributed by atoms with E-state index >= 15 is 0 Å². The highest BCUT2D eigenvalue weighted by Gasteiger charge is 2.14. The first kappa shape index (κ1) is 20.9. The molecule has 0 atom stereocenters. The molecule has 0 aliphatic carbocycles. The fourth-order valence-corrected chi connectivity index (χ4v) is 3.91. The predicted molar refractivity (Wildman–Crippen MR) is 122 cm³/mol. The molecule has 0 saturated heterocycles. The molecule has 0 radical (unpaired) electrons. The van der Waals surface area contributed by atoms with Crippen molar-refractivity contribution < 1.29 is 13.2 Å². The number of para-hydroxylation sites is 1. The lowest BCUT2D eigenvalue weighted by Crippen LogP contribution is -2.19. The average Bonchev–Trinajstić information content (AvgIpc) is 2.70. The number of halogens is 1. The standard InChI is InChI=1S/C20H18ClN3O3S2/c1-27-16-10-6-15(7-11-16)24-29(25,26)17-12-8-14(9-13-17)22-20(28)23-19-5-3-2-4-18(19)21/h2-13,24H,1H3,(H2,22,23,28). The Balaban J connectivity index is 1.65. The van der Waals surface area contributed by atoms with Gasteiger partial charge in [0.05, 0.1) is 22.7 Å². The van der Waals surface area contributed by atoms with E-state index < -0.39 is 10.0 Å². The number of sulfonamides is 1. The molecule has 0 fully saturated rings. The molecule has 29 heavy (non-hydrogen) atoms. The number of benzene rings is 3. The zero-order chi connectivity index (χ0) is 20.9. The zero-order valence-corrected chi connectivity index (χ0v) is 17.7. The minimum Gasteiger partial charge on any atom is -0.497 e. The van der Waals surface area contributed by atoms with Gasteiger partial charge in [-0.05, 0) is 72.9 Å². The summed E-state index contributed by atoms with van der Waals surface area (Å²) in [5, 5.41) is 6.87. The summed E-state index contributed by atoms with van der Waals surface area (Å²) in [7, 11) is -2.17. The van der Waals surface area contributed by atoms with E-state index in [1.807, 2.05) is 12.1 Å². The van der Waals surface area contributed by atoms with Crippen LogP contribution < -0.4 is 20.1 Å². The summed E-state index contributed by atoms with van der Waals surface area (Å²) in [4.78, 5) is 0.129. The van der Waals surface area contributed by atoms with Crippen molar-refractivity contribution >= 4 is 56.0 Å². The van der Waals surface area contributed by atoms with Gasteiger partial charge in [0.15, 0.2) is 5.11 Å². The average molecular weight is 448 g/mol. The molecule has 6 nitrogen and oxygen atoms in total. The van der Waals surface area contributed by atoms with E-state index in [1.165, 1.54) is 12.1 Å². The SMILES string of the molecule is COc1ccc(NS(=O)(=O)c2ccc(NC(=S)Nc3ccccc3Cl)cc2)cc1. The van der Waals surface area contributed by atoms with E-state index in [0.717, 1.165) is 0 Å². The van der Waals surface area contributed by atoms with Crippen molar-refractivity contribution in [2.75, 3.05) is 22.5 Å². The topological polar surface area (TPSA) is 79.5 Å². The van der Waals surface area contributed by atoms with Gasteiger partial charge in [0, 0.05) is 11.4 Å². The van der Waals surface area contributed by atoms with Gasteiger partial charge in [0.1, 0.15) is 5.75 Å². The molecule has 0 saturated carbocycles. The maximum absolute atomic E-state index is 12.6. The van der Waals surface area contributed by atoms with Crippen LogP contribution >= 0.6 is 23.8 Å². The molecular formula is C20H18ClN3O3S2. The van der Waals surface area contributed by atoms with E-state index in [-0.39, 0.29) is 4.90 Å². The maximum Gasteiger partial charge on any atom is 0.261 e. The van der Waals surface area contributed by atoms with Gasteiger partial charge in [0.25, 0.3) is 10.0 Å². The molecule has 0 aliphatic heterocycles. The second-order valence-electron chi connectivity index (χ2n) is 5.92. The van der Waals surface area contributed by atoms with Crippen LogP contribution in [0, 0.1) is 0 Å². The number of anilines is 3. The number of hydrogen-bond acceptors (Lipinski definition) is 4. The predicted octanol–water partition coefficient (Wildman–Crippen LogP) is 4.96. The Kier molecular flexibility index (Phi) is 6.58. The largest absolute Gasteiger partial charge is 0.497 e. The summed E-state index contributed by atoms with van der Waals surface area (Å²) >= 11 is 11.4. The summed E-state index contributed by atoms with van der Waals surface area (Å²) in [6, 6.07) is 20.1. The van der Waals surface area contributed by atoms with Crippen molar-refractivity contribution in [1.82, 2.24) is 0 Å². The third-order valence-corrected chi connectivity index (χ3v) is 5.82. The van der Waals surface area contributed by atoms with Crippen LogP contribution in [0.5, 0.6) is 5.75 Å². The second-order valence-corrected chi connectivity index (χ2v) is 8.42. The number of thiocarbonyl (C=S) groups is 1. The van der Waals surface area contributed by atoms with E-state index in [0.29, 0.717) is 32.9 Å². The third-order valence-electron chi connectivity index (χ3n) is 3.89. The molecule has 0 unspecified atom stereocenters. The Labute approximate surface area is 179 Å². The van der Waals surface area contributed by atoms with Gasteiger partial charge in [-0.1, -0.05) is 23.7 Å². The molecule has 150 valence electrons. The van der Waals surface area contributed by atoms with Gasteiger partial charge in [-0.15, -0.1) is 0 Å². The van der Waals surface area contributed by atoms with Crippen LogP contribution in [0.2, 0.25) is 5.02 Å². The Morgan fingerprint density at radius 1 is 0.897 bits per heavy atom. The van der Waals surface area contributed by atoms with Crippen LogP contribution in [0.3, 0.4) is 0 Å². The quantitative estimate of drug-likeness (QED) is 0.463. The van der Waals surface area contributed by atoms with Gasteiger partial charge in [-0.25, -0.2) is 8.42 Å². The Bertz CT molecular complexity index is 1100. The van der Waals surface area contributed by atoms with Crippen LogP contribution in [0.25, 0.3) is 0 Å². The van der Waals surface area contributed by atoms with Crippen LogP contribution in [0.1, 0.15) is 0 Å². The number of hydrogen-bond donors (Lipinski definition) is 3. The Morgan fingerprint density at radius 2 is 1.52 bits per heavy atom. The smallest absolute Gasteiger partial charge is 0.261 e. The molecule has 0 amide bonds. The number of methoxy groups -OCH3 is 1. The summed E-state index contributed by atoms with van der Waals surface area (Å²) in [6.07, 6.45) is 0. The van der Waals surface area contributed by atoms with Crippen LogP contribution in [0.15, 0.2) is 77.7 Å². The van der Waals surface area contributed by atoms with Crippen molar-refractivity contribution in [3.05, 3.63) is 77.8 Å². The molecule has 3 rings (SSSR count). The normalized spacial score (nSPS) is 10.8. The number of rotatable bonds is 6. The minimum atomic E-state index is -3.72. The third kappa shape index (κ3) is 5.60. The van der Waals surface area contributed by atoms with Gasteiger partial charge in [-0.3, -0.25) is 4.72 Å². The van der Waals surface area contributed by atoms with E-state index in [9.17, 15) is 8.42 Å². The van der Waals surface area contributed by atoms with E-state index in [2.05, 4.69) is 15.4 Å². The molecule has 0 bridgehead atoms. The highest BCUT2D eigenvalue weighted by atomic mass is 35.5. The van der Waals surface area contributed by atoms with Crippen LogP contribution in [-0.2, 0) is 10.0 Å². The summed E-state index contributed by atoms with van der Waals surface area (Å²) in [5.41, 5.74) is 1.76. The van der Waals surface area contributed by atoms with Gasteiger partial charge >= 0.3 is 0 Å². The van der Waals surface area contributed by atoms with Gasteiger partial charge in [0.2, 0.25) is 0 Å². The molecule has 9 heteroatoms. The van der Waals surface area contributed by atoms with Crippen molar-refractivity contribution in [1.29, 1.82) is 0 Å². The molecule has 0 heterocycles. The minimum absolute atomic E-state index is 0.129. The highest BCUT2D eigenvalue weighted by Crippen LogP contribution is 2.22. The van der Waals surface area contributed by atoms with Crippen molar-refractivity contribution in [2.45, 2.75) is 4.90 Å². The number of nitrogens with one attached hydrogen (secondary N) is 3. The Hall–Kier alpha value is -2.81. The Morgan fingerprint density at radius 3 is 2.14 bits per heavy atom. The molecule has 0 aliphatic rings. The summed E-state index contributed by atoms with van der Waals surface area (Å²) in [6.45, 7) is 0. The first-order valence-corrected chi connectivity index (χ1v) is 10.7. The molecule has 3 N–H and O–H groups in total. The van der Waals surface area contributed by atoms with Crippen molar-refractivity contribution in [3.63, 3.8) is 0 Å². The zero-order valence-electron chi connectivity index (χ0n) is 15.3. The van der Waals surface area contributed by atoms with E-state index in [1.54, 1.807) is 55.6 Å². The second kappa shape index (κ2) is 9.13. The molecular weight excluding hydrogens is 430 g/mol. The molecule has 0 aromatic heterocycles. The summed E-state index contributed by atoms with van der Waals surface area (Å²) in [5.74, 6) is 0.643. The highest BCUT2D eigenvalue weighted by molar-refractivity contribution is 7.92. The van der Waals surface area contributed by atoms with Crippen LogP contribution in [-0.4, -0.2) is 20.6 Å². The van der Waals surface area contributed by atoms with Crippen LogP contribution in [0.4, 0.5) is 17.1 Å². The summed E-state index contributed by atoms with van der Waals surface area (Å²) < 4.78 is 32.7. The first-order chi connectivity index (χ1) is 13.9. The van der Waals surface area contributed by atoms with Crippen molar-refractivity contribution in [3.8, 4) is 5.75 Å². The van der Waals surface area contributed by atoms with E-state index in [4.69, 9.17) is 28.6 Å². The molecule has 3 aromatic rings. The monoisotopic (exact) mass is 447 g/mol. The first-order valence-electron chi connectivity index (χ1n) is 8.47. The number of ether oxygens (including phenoxy) is 1. The van der Waals surface area contributed by atoms with Gasteiger partial charge in [-0.2, -0.15) is 0 Å². The lowest BCUT2D eigenvalue weighted by molar-refractivity contribution is 0.415. The van der Waals surface area contributed by atoms with Gasteiger partial charge < -0.3 is 15.4 Å². The fraction of sp³-hybridized carbons (Fsp3) is 0.0500. The lowest BCUT2D eigenvalue weighted by Gasteiger charge is -2.12.